The number of ether oxygens (including phenoxy) is 2. The van der Waals surface area contributed by atoms with E-state index < -0.39 is 6.10 Å². The molecule has 1 saturated heterocycles. The maximum Gasteiger partial charge on any atom is 0.293 e. The Morgan fingerprint density at radius 1 is 1.27 bits per heavy atom. The third kappa shape index (κ3) is 3.86. The van der Waals surface area contributed by atoms with Gasteiger partial charge in [0.15, 0.2) is 17.2 Å². The van der Waals surface area contributed by atoms with Crippen LogP contribution in [-0.2, 0) is 16.0 Å². The average molecular weight is 491 g/mol. The zero-order valence-corrected chi connectivity index (χ0v) is 19.8. The summed E-state index contributed by atoms with van der Waals surface area (Å²) in [5.74, 6) is 0.513. The first kappa shape index (κ1) is 22.1. The molecule has 0 saturated carbocycles. The maximum absolute atomic E-state index is 13.5. The topological polar surface area (TPSA) is 94.1 Å². The number of hydrogen-bond acceptors (Lipinski definition) is 7. The monoisotopic (exact) mass is 490 g/mol. The molecule has 2 N–H and O–H groups in total. The second kappa shape index (κ2) is 8.59. The highest BCUT2D eigenvalue weighted by molar-refractivity contribution is 6.35. The Labute approximate surface area is 201 Å². The Bertz CT molecular complexity index is 1230. The van der Waals surface area contributed by atoms with Gasteiger partial charge in [-0.05, 0) is 48.7 Å². The second-order valence-electron chi connectivity index (χ2n) is 8.24. The van der Waals surface area contributed by atoms with Crippen LogP contribution in [0, 0.1) is 0 Å². The van der Waals surface area contributed by atoms with Crippen LogP contribution in [0.1, 0.15) is 24.1 Å². The van der Waals surface area contributed by atoms with E-state index in [1.807, 2.05) is 30.0 Å². The third-order valence-corrected chi connectivity index (χ3v) is 6.91. The SMILES string of the molecule is COc1ccc(N2CCO[C@@H](C(=O)N3CCc4cc(Cl)cc(Cl)c4[C@@H]3C)C2)c2oc(N)nc12. The van der Waals surface area contributed by atoms with E-state index in [1.165, 1.54) is 0 Å². The lowest BCUT2D eigenvalue weighted by Gasteiger charge is -2.40. The molecule has 2 aliphatic rings. The highest BCUT2D eigenvalue weighted by atomic mass is 35.5. The third-order valence-electron chi connectivity index (χ3n) is 6.38. The van der Waals surface area contributed by atoms with Gasteiger partial charge in [0.2, 0.25) is 0 Å². The number of methoxy groups -OCH3 is 1. The van der Waals surface area contributed by atoms with Crippen molar-refractivity contribution in [1.29, 1.82) is 0 Å². The van der Waals surface area contributed by atoms with Gasteiger partial charge < -0.3 is 29.4 Å². The predicted octanol–water partition coefficient (Wildman–Crippen LogP) is 4.08. The van der Waals surface area contributed by atoms with Crippen molar-refractivity contribution < 1.29 is 18.7 Å². The van der Waals surface area contributed by atoms with Crippen molar-refractivity contribution in [3.8, 4) is 5.75 Å². The summed E-state index contributed by atoms with van der Waals surface area (Å²) in [5, 5.41) is 1.19. The van der Waals surface area contributed by atoms with Gasteiger partial charge in [-0.1, -0.05) is 23.2 Å². The van der Waals surface area contributed by atoms with Crippen molar-refractivity contribution in [1.82, 2.24) is 9.88 Å². The number of carbonyl (C=O) groups excluding carboxylic acids is 1. The summed E-state index contributed by atoms with van der Waals surface area (Å²) in [7, 11) is 1.57. The molecule has 5 rings (SSSR count). The summed E-state index contributed by atoms with van der Waals surface area (Å²) in [6.07, 6.45) is 0.0738. The normalized spacial score (nSPS) is 20.7. The summed E-state index contributed by atoms with van der Waals surface area (Å²) >= 11 is 12.7. The number of rotatable bonds is 3. The van der Waals surface area contributed by atoms with Crippen molar-refractivity contribution >= 4 is 51.9 Å². The van der Waals surface area contributed by atoms with E-state index in [0.717, 1.165) is 16.8 Å². The van der Waals surface area contributed by atoms with Gasteiger partial charge in [0.1, 0.15) is 5.75 Å². The van der Waals surface area contributed by atoms with Crippen LogP contribution < -0.4 is 15.4 Å². The zero-order valence-electron chi connectivity index (χ0n) is 18.3. The number of nitrogen functional groups attached to an aromatic ring is 1. The first-order valence-corrected chi connectivity index (χ1v) is 11.5. The van der Waals surface area contributed by atoms with Crippen LogP contribution in [0.3, 0.4) is 0 Å². The average Bonchev–Trinajstić information content (AvgIpc) is 3.19. The van der Waals surface area contributed by atoms with Crippen LogP contribution in [0.15, 0.2) is 28.7 Å². The van der Waals surface area contributed by atoms with Crippen molar-refractivity contribution in [3.05, 3.63) is 45.4 Å². The predicted molar refractivity (Wildman–Crippen MR) is 127 cm³/mol. The molecule has 0 unspecified atom stereocenters. The van der Waals surface area contributed by atoms with Crippen LogP contribution in [-0.4, -0.2) is 55.2 Å². The molecule has 0 spiro atoms. The molecule has 0 bridgehead atoms. The van der Waals surface area contributed by atoms with Crippen molar-refractivity contribution in [2.45, 2.75) is 25.5 Å². The molecule has 1 amide bonds. The lowest BCUT2D eigenvalue weighted by atomic mass is 9.93. The number of carbonyl (C=O) groups is 1. The highest BCUT2D eigenvalue weighted by Gasteiger charge is 2.36. The Morgan fingerprint density at radius 3 is 2.88 bits per heavy atom. The van der Waals surface area contributed by atoms with Crippen molar-refractivity contribution in [2.75, 3.05) is 44.0 Å². The lowest BCUT2D eigenvalue weighted by molar-refractivity contribution is -0.147. The number of oxazole rings is 1. The van der Waals surface area contributed by atoms with Gasteiger partial charge in [-0.2, -0.15) is 4.98 Å². The molecule has 0 radical (unpaired) electrons. The largest absolute Gasteiger partial charge is 0.494 e. The molecule has 10 heteroatoms. The second-order valence-corrected chi connectivity index (χ2v) is 9.08. The first-order chi connectivity index (χ1) is 15.9. The van der Waals surface area contributed by atoms with E-state index >= 15 is 0 Å². The van der Waals surface area contributed by atoms with E-state index in [1.54, 1.807) is 13.2 Å². The van der Waals surface area contributed by atoms with Crippen molar-refractivity contribution in [3.63, 3.8) is 0 Å². The van der Waals surface area contributed by atoms with E-state index in [2.05, 4.69) is 9.88 Å². The number of nitrogens with two attached hydrogens (primary N) is 1. The molecule has 8 nitrogen and oxygen atoms in total. The van der Waals surface area contributed by atoms with Crippen molar-refractivity contribution in [2.24, 2.45) is 0 Å². The smallest absolute Gasteiger partial charge is 0.293 e. The van der Waals surface area contributed by atoms with Gasteiger partial charge in [0.05, 0.1) is 32.0 Å². The quantitative estimate of drug-likeness (QED) is 0.590. The molecule has 1 aromatic heterocycles. The number of fused-ring (bicyclic) bond motifs is 2. The first-order valence-electron chi connectivity index (χ1n) is 10.7. The summed E-state index contributed by atoms with van der Waals surface area (Å²) < 4.78 is 17.0. The standard InChI is InChI=1S/C23H24Cl2N4O4/c1-12-19-13(9-14(24)10-15(19)25)5-6-29(12)22(30)18-11-28(7-8-32-18)16-3-4-17(31-2)20-21(16)33-23(26)27-20/h3-4,9-10,12,18H,5-8,11H2,1-2H3,(H2,26,27)/t12-,18+/m0/s1. The molecule has 174 valence electrons. The van der Waals surface area contributed by atoms with E-state index in [0.29, 0.717) is 59.6 Å². The molecule has 3 heterocycles. The molecule has 3 aromatic rings. The summed E-state index contributed by atoms with van der Waals surface area (Å²) in [5.41, 5.74) is 9.71. The maximum atomic E-state index is 13.5. The van der Waals surface area contributed by atoms with Gasteiger partial charge in [-0.15, -0.1) is 0 Å². The molecule has 1 fully saturated rings. The number of hydrogen-bond donors (Lipinski definition) is 1. The number of benzene rings is 2. The van der Waals surface area contributed by atoms with Gasteiger partial charge >= 0.3 is 0 Å². The van der Waals surface area contributed by atoms with Crippen LogP contribution in [0.25, 0.3) is 11.1 Å². The summed E-state index contributed by atoms with van der Waals surface area (Å²) in [4.78, 5) is 21.7. The van der Waals surface area contributed by atoms with Crippen LogP contribution in [0.2, 0.25) is 10.0 Å². The number of halogens is 2. The minimum absolute atomic E-state index is 0.0642. The fraction of sp³-hybridized carbons (Fsp3) is 0.391. The molecule has 2 aromatic carbocycles. The van der Waals surface area contributed by atoms with Crippen LogP contribution in [0.4, 0.5) is 11.7 Å². The van der Waals surface area contributed by atoms with Gasteiger partial charge in [-0.3, -0.25) is 4.79 Å². The lowest BCUT2D eigenvalue weighted by Crippen LogP contribution is -2.52. The summed E-state index contributed by atoms with van der Waals surface area (Å²) in [6, 6.07) is 7.26. The molecule has 33 heavy (non-hydrogen) atoms. The number of nitrogens with zero attached hydrogens (tertiary/aromatic N) is 3. The van der Waals surface area contributed by atoms with Gasteiger partial charge in [0, 0.05) is 23.1 Å². The highest BCUT2D eigenvalue weighted by Crippen LogP contribution is 2.38. The zero-order chi connectivity index (χ0) is 23.3. The van der Waals surface area contributed by atoms with E-state index in [4.69, 9.17) is 42.8 Å². The summed E-state index contributed by atoms with van der Waals surface area (Å²) in [6.45, 7) is 3.96. The van der Waals surface area contributed by atoms with Gasteiger partial charge in [-0.25, -0.2) is 0 Å². The van der Waals surface area contributed by atoms with Gasteiger partial charge in [0.25, 0.3) is 11.9 Å². The Morgan fingerprint density at radius 2 is 2.09 bits per heavy atom. The Kier molecular flexibility index (Phi) is 5.76. The molecule has 2 aliphatic heterocycles. The van der Waals surface area contributed by atoms with Crippen LogP contribution in [0.5, 0.6) is 5.75 Å². The molecule has 2 atom stereocenters. The van der Waals surface area contributed by atoms with E-state index in [-0.39, 0.29) is 18.0 Å². The number of morpholine rings is 1. The number of anilines is 2. The van der Waals surface area contributed by atoms with E-state index in [9.17, 15) is 4.79 Å². The minimum Gasteiger partial charge on any atom is -0.494 e. The number of amides is 1. The fourth-order valence-electron chi connectivity index (χ4n) is 4.81. The van der Waals surface area contributed by atoms with Crippen LogP contribution >= 0.6 is 23.2 Å². The Balaban J connectivity index is 1.40. The minimum atomic E-state index is -0.619. The number of aromatic nitrogens is 1. The fourth-order valence-corrected chi connectivity index (χ4v) is 5.50. The molecular weight excluding hydrogens is 467 g/mol. The Hall–Kier alpha value is -2.68. The molecular formula is C23H24Cl2N4O4. The molecule has 0 aliphatic carbocycles.